The first-order chi connectivity index (χ1) is 11.7. The number of halogens is 1. The van der Waals surface area contributed by atoms with E-state index in [2.05, 4.69) is 31.6 Å². The Morgan fingerprint density at radius 3 is 2.50 bits per heavy atom. The molecule has 1 N–H and O–H groups in total. The summed E-state index contributed by atoms with van der Waals surface area (Å²) in [7, 11) is 0. The van der Waals surface area contributed by atoms with Crippen LogP contribution in [-0.4, -0.2) is 22.8 Å². The quantitative estimate of drug-likeness (QED) is 0.711. The van der Waals surface area contributed by atoms with Crippen LogP contribution in [0.25, 0.3) is 11.3 Å². The Labute approximate surface area is 146 Å². The summed E-state index contributed by atoms with van der Waals surface area (Å²) in [6.45, 7) is 2.52. The minimum atomic E-state index is -0.287. The van der Waals surface area contributed by atoms with E-state index in [0.717, 1.165) is 15.8 Å². The average Bonchev–Trinajstić information content (AvgIpc) is 3.04. The number of aromatic nitrogens is 2. The summed E-state index contributed by atoms with van der Waals surface area (Å²) in [4.78, 5) is 12.3. The van der Waals surface area contributed by atoms with Crippen LogP contribution in [0, 0.1) is 0 Å². The SMILES string of the molecule is CCOc1ccc(-c2nonc2NC(=O)c2ccc(Br)cc2)cc1. The second kappa shape index (κ2) is 7.27. The van der Waals surface area contributed by atoms with Gasteiger partial charge in [-0.15, -0.1) is 0 Å². The van der Waals surface area contributed by atoms with Crippen molar-refractivity contribution in [3.05, 3.63) is 58.6 Å². The van der Waals surface area contributed by atoms with Crippen LogP contribution in [0.2, 0.25) is 0 Å². The van der Waals surface area contributed by atoms with E-state index < -0.39 is 0 Å². The van der Waals surface area contributed by atoms with Gasteiger partial charge in [0.25, 0.3) is 5.91 Å². The zero-order chi connectivity index (χ0) is 16.9. The summed E-state index contributed by atoms with van der Waals surface area (Å²) in [5.41, 5.74) is 1.74. The number of benzene rings is 2. The summed E-state index contributed by atoms with van der Waals surface area (Å²) >= 11 is 3.33. The van der Waals surface area contributed by atoms with Gasteiger partial charge in [-0.25, -0.2) is 4.63 Å². The van der Waals surface area contributed by atoms with Crippen molar-refractivity contribution < 1.29 is 14.2 Å². The van der Waals surface area contributed by atoms with Crippen molar-refractivity contribution in [1.29, 1.82) is 0 Å². The van der Waals surface area contributed by atoms with Gasteiger partial charge in [-0.05, 0) is 65.8 Å². The smallest absolute Gasteiger partial charge is 0.256 e. The van der Waals surface area contributed by atoms with Gasteiger partial charge in [0.1, 0.15) is 5.75 Å². The predicted octanol–water partition coefficient (Wildman–Crippen LogP) is 4.15. The second-order valence-electron chi connectivity index (χ2n) is 4.88. The Morgan fingerprint density at radius 1 is 1.12 bits per heavy atom. The molecule has 0 fully saturated rings. The van der Waals surface area contributed by atoms with Gasteiger partial charge in [-0.1, -0.05) is 15.9 Å². The Balaban J connectivity index is 1.80. The van der Waals surface area contributed by atoms with Crippen molar-refractivity contribution in [3.63, 3.8) is 0 Å². The molecule has 7 heteroatoms. The van der Waals surface area contributed by atoms with Gasteiger partial charge in [0.2, 0.25) is 5.82 Å². The standard InChI is InChI=1S/C17H14BrN3O3/c1-2-23-14-9-5-11(6-10-14)15-16(21-24-20-15)19-17(22)12-3-7-13(18)8-4-12/h3-10H,2H2,1H3,(H,19,21,22). The summed E-state index contributed by atoms with van der Waals surface area (Å²) in [6.07, 6.45) is 0. The van der Waals surface area contributed by atoms with Crippen molar-refractivity contribution in [1.82, 2.24) is 10.3 Å². The highest BCUT2D eigenvalue weighted by molar-refractivity contribution is 9.10. The van der Waals surface area contributed by atoms with Gasteiger partial charge in [0, 0.05) is 15.6 Å². The lowest BCUT2D eigenvalue weighted by atomic mass is 10.1. The molecule has 6 nitrogen and oxygen atoms in total. The van der Waals surface area contributed by atoms with Crippen molar-refractivity contribution in [2.24, 2.45) is 0 Å². The number of anilines is 1. The number of amides is 1. The summed E-state index contributed by atoms with van der Waals surface area (Å²) in [6, 6.07) is 14.3. The fourth-order valence-corrected chi connectivity index (χ4v) is 2.38. The van der Waals surface area contributed by atoms with Gasteiger partial charge >= 0.3 is 0 Å². The van der Waals surface area contributed by atoms with E-state index in [4.69, 9.17) is 9.37 Å². The maximum atomic E-state index is 12.3. The minimum Gasteiger partial charge on any atom is -0.494 e. The fourth-order valence-electron chi connectivity index (χ4n) is 2.12. The van der Waals surface area contributed by atoms with Gasteiger partial charge < -0.3 is 10.1 Å². The van der Waals surface area contributed by atoms with E-state index in [0.29, 0.717) is 17.9 Å². The lowest BCUT2D eigenvalue weighted by Crippen LogP contribution is -2.12. The number of rotatable bonds is 5. The molecule has 0 saturated carbocycles. The van der Waals surface area contributed by atoms with E-state index in [9.17, 15) is 4.79 Å². The number of ether oxygens (including phenoxy) is 1. The van der Waals surface area contributed by atoms with E-state index in [1.807, 2.05) is 31.2 Å². The van der Waals surface area contributed by atoms with Gasteiger partial charge in [0.15, 0.2) is 5.69 Å². The molecule has 0 unspecified atom stereocenters. The molecule has 24 heavy (non-hydrogen) atoms. The topological polar surface area (TPSA) is 77.2 Å². The molecule has 0 spiro atoms. The summed E-state index contributed by atoms with van der Waals surface area (Å²) in [5.74, 6) is 0.746. The first-order valence-electron chi connectivity index (χ1n) is 7.30. The highest BCUT2D eigenvalue weighted by Gasteiger charge is 2.16. The molecule has 0 atom stereocenters. The maximum Gasteiger partial charge on any atom is 0.256 e. The molecule has 0 aliphatic rings. The molecule has 0 saturated heterocycles. The van der Waals surface area contributed by atoms with Gasteiger partial charge in [0.05, 0.1) is 6.61 Å². The number of hydrogen-bond acceptors (Lipinski definition) is 5. The van der Waals surface area contributed by atoms with Crippen molar-refractivity contribution in [2.45, 2.75) is 6.92 Å². The van der Waals surface area contributed by atoms with Crippen LogP contribution in [0.1, 0.15) is 17.3 Å². The van der Waals surface area contributed by atoms with Gasteiger partial charge in [-0.2, -0.15) is 0 Å². The van der Waals surface area contributed by atoms with E-state index in [1.54, 1.807) is 24.3 Å². The maximum absolute atomic E-state index is 12.3. The van der Waals surface area contributed by atoms with Crippen LogP contribution in [-0.2, 0) is 0 Å². The Hall–Kier alpha value is -2.67. The Morgan fingerprint density at radius 2 is 1.83 bits per heavy atom. The number of nitrogens with one attached hydrogen (secondary N) is 1. The van der Waals surface area contributed by atoms with Gasteiger partial charge in [-0.3, -0.25) is 4.79 Å². The Kier molecular flexibility index (Phi) is 4.90. The zero-order valence-electron chi connectivity index (χ0n) is 12.8. The number of nitrogens with zero attached hydrogens (tertiary/aromatic N) is 2. The number of carbonyl (C=O) groups is 1. The lowest BCUT2D eigenvalue weighted by Gasteiger charge is -2.05. The summed E-state index contributed by atoms with van der Waals surface area (Å²) in [5, 5.41) is 10.4. The average molecular weight is 388 g/mol. The van der Waals surface area contributed by atoms with Crippen LogP contribution in [0.3, 0.4) is 0 Å². The van der Waals surface area contributed by atoms with Crippen molar-refractivity contribution >= 4 is 27.7 Å². The molecule has 0 bridgehead atoms. The molecule has 1 heterocycles. The molecular formula is C17H14BrN3O3. The minimum absolute atomic E-state index is 0.270. The third-order valence-corrected chi connectivity index (χ3v) is 3.79. The van der Waals surface area contributed by atoms with E-state index >= 15 is 0 Å². The lowest BCUT2D eigenvalue weighted by molar-refractivity contribution is 0.102. The first kappa shape index (κ1) is 16.2. The Bertz CT molecular complexity index is 829. The highest BCUT2D eigenvalue weighted by atomic mass is 79.9. The largest absolute Gasteiger partial charge is 0.494 e. The van der Waals surface area contributed by atoms with E-state index in [-0.39, 0.29) is 11.7 Å². The molecule has 2 aromatic carbocycles. The number of hydrogen-bond donors (Lipinski definition) is 1. The molecule has 1 aromatic heterocycles. The highest BCUT2D eigenvalue weighted by Crippen LogP contribution is 2.26. The summed E-state index contributed by atoms with van der Waals surface area (Å²) < 4.78 is 11.1. The van der Waals surface area contributed by atoms with Crippen molar-refractivity contribution in [2.75, 3.05) is 11.9 Å². The van der Waals surface area contributed by atoms with Crippen LogP contribution >= 0.6 is 15.9 Å². The van der Waals surface area contributed by atoms with Crippen molar-refractivity contribution in [3.8, 4) is 17.0 Å². The molecule has 3 aromatic rings. The fraction of sp³-hybridized carbons (Fsp3) is 0.118. The molecule has 0 aliphatic heterocycles. The third-order valence-electron chi connectivity index (χ3n) is 3.27. The van der Waals surface area contributed by atoms with Crippen LogP contribution in [0.15, 0.2) is 57.6 Å². The molecule has 0 aliphatic carbocycles. The third kappa shape index (κ3) is 3.62. The van der Waals surface area contributed by atoms with Crippen LogP contribution < -0.4 is 10.1 Å². The monoisotopic (exact) mass is 387 g/mol. The zero-order valence-corrected chi connectivity index (χ0v) is 14.4. The van der Waals surface area contributed by atoms with Crippen LogP contribution in [0.5, 0.6) is 5.75 Å². The van der Waals surface area contributed by atoms with E-state index in [1.165, 1.54) is 0 Å². The van der Waals surface area contributed by atoms with Crippen LogP contribution in [0.4, 0.5) is 5.82 Å². The molecule has 0 radical (unpaired) electrons. The molecule has 1 amide bonds. The second-order valence-corrected chi connectivity index (χ2v) is 5.80. The first-order valence-corrected chi connectivity index (χ1v) is 8.09. The normalized spacial score (nSPS) is 10.4. The predicted molar refractivity (Wildman–Crippen MR) is 93.0 cm³/mol. The molecular weight excluding hydrogens is 374 g/mol. The molecule has 122 valence electrons. The number of carbonyl (C=O) groups excluding carboxylic acids is 1. The molecule has 3 rings (SSSR count).